The predicted molar refractivity (Wildman–Crippen MR) is 156 cm³/mol. The van der Waals surface area contributed by atoms with Crippen molar-refractivity contribution >= 4 is 11.6 Å². The van der Waals surface area contributed by atoms with E-state index in [9.17, 15) is 22.8 Å². The number of alkyl halides is 3. The molecule has 1 saturated carbocycles. The molecule has 0 aliphatic heterocycles. The highest BCUT2D eigenvalue weighted by atomic mass is 19.4. The molecule has 0 amide bonds. The topological polar surface area (TPSA) is 47.0 Å². The Morgan fingerprint density at radius 3 is 2.29 bits per heavy atom. The fraction of sp³-hybridized carbons (Fsp3) is 0.457. The summed E-state index contributed by atoms with van der Waals surface area (Å²) in [6.45, 7) is 1.82. The molecule has 3 aromatic rings. The monoisotopic (exact) mass is 563 g/mol. The molecule has 1 aliphatic rings. The van der Waals surface area contributed by atoms with E-state index >= 15 is 0 Å². The summed E-state index contributed by atoms with van der Waals surface area (Å²) in [5, 5.41) is 0. The summed E-state index contributed by atoms with van der Waals surface area (Å²) in [6.07, 6.45) is 8.30. The number of pyridine rings is 1. The summed E-state index contributed by atoms with van der Waals surface area (Å²) in [4.78, 5) is 29.0. The quantitative estimate of drug-likeness (QED) is 0.195. The smallest absolute Gasteiger partial charge is 0.299 e. The zero-order valence-electron chi connectivity index (χ0n) is 23.9. The van der Waals surface area contributed by atoms with Gasteiger partial charge in [-0.25, -0.2) is 0 Å². The van der Waals surface area contributed by atoms with Gasteiger partial charge in [-0.05, 0) is 83.7 Å². The summed E-state index contributed by atoms with van der Waals surface area (Å²) in [5.74, 6) is 0.692. The van der Waals surface area contributed by atoms with E-state index in [-0.39, 0.29) is 24.4 Å². The number of halogens is 3. The van der Waals surface area contributed by atoms with Gasteiger partial charge < -0.3 is 0 Å². The van der Waals surface area contributed by atoms with Crippen LogP contribution in [0, 0.1) is 5.92 Å². The largest absolute Gasteiger partial charge is 0.416 e. The molecule has 0 radical (unpaired) electrons. The summed E-state index contributed by atoms with van der Waals surface area (Å²) in [7, 11) is 0. The maximum absolute atomic E-state index is 13.4. The second kappa shape index (κ2) is 14.6. The lowest BCUT2D eigenvalue weighted by molar-refractivity contribution is -0.137. The zero-order valence-corrected chi connectivity index (χ0v) is 23.9. The van der Waals surface area contributed by atoms with E-state index in [2.05, 4.69) is 4.98 Å². The minimum atomic E-state index is -4.43. The van der Waals surface area contributed by atoms with Crippen molar-refractivity contribution in [1.82, 2.24) is 4.98 Å². The number of hydrogen-bond donors (Lipinski definition) is 0. The third-order valence-electron chi connectivity index (χ3n) is 8.26. The normalized spacial score (nSPS) is 14.2. The molecule has 41 heavy (non-hydrogen) atoms. The van der Waals surface area contributed by atoms with E-state index in [1.807, 2.05) is 43.3 Å². The maximum Gasteiger partial charge on any atom is 0.416 e. The number of Topliss-reactive ketones (excluding diaryl/α,β-unsaturated/α-hetero) is 2. The number of carbonyl (C=O) groups excluding carboxylic acids is 2. The molecule has 1 aliphatic carbocycles. The van der Waals surface area contributed by atoms with Crippen LogP contribution < -0.4 is 0 Å². The van der Waals surface area contributed by atoms with Gasteiger partial charge in [-0.1, -0.05) is 75.8 Å². The Bertz CT molecular complexity index is 1310. The van der Waals surface area contributed by atoms with Crippen LogP contribution in [0.1, 0.15) is 109 Å². The van der Waals surface area contributed by atoms with Crippen molar-refractivity contribution in [2.45, 2.75) is 96.6 Å². The highest BCUT2D eigenvalue weighted by Gasteiger charge is 2.31. The molecule has 0 bridgehead atoms. The van der Waals surface area contributed by atoms with Crippen LogP contribution in [0.3, 0.4) is 0 Å². The van der Waals surface area contributed by atoms with Gasteiger partial charge in [0, 0.05) is 25.5 Å². The third kappa shape index (κ3) is 9.37. The van der Waals surface area contributed by atoms with E-state index in [1.54, 1.807) is 12.3 Å². The number of hydrogen-bond acceptors (Lipinski definition) is 3. The molecule has 218 valence electrons. The first-order valence-electron chi connectivity index (χ1n) is 15.0. The number of aryl methyl sites for hydroxylation is 2. The van der Waals surface area contributed by atoms with Crippen molar-refractivity contribution in [3.05, 3.63) is 99.9 Å². The molecule has 2 aromatic carbocycles. The fourth-order valence-electron chi connectivity index (χ4n) is 5.83. The van der Waals surface area contributed by atoms with Crippen molar-refractivity contribution in [2.24, 2.45) is 5.92 Å². The summed E-state index contributed by atoms with van der Waals surface area (Å²) >= 11 is 0. The highest BCUT2D eigenvalue weighted by molar-refractivity contribution is 5.94. The van der Waals surface area contributed by atoms with Gasteiger partial charge >= 0.3 is 6.18 Å². The fourth-order valence-corrected chi connectivity index (χ4v) is 5.83. The molecular formula is C35H40F3NO2. The zero-order chi connectivity index (χ0) is 29.2. The molecule has 0 saturated heterocycles. The van der Waals surface area contributed by atoms with Crippen molar-refractivity contribution in [1.29, 1.82) is 0 Å². The summed E-state index contributed by atoms with van der Waals surface area (Å²) in [5.41, 5.74) is 4.28. The number of ketones is 2. The SMILES string of the molecule is CCC(=O)c1cc(Cc2ccc(CCC(=O)Cc3cc(C(F)(F)F)ccc3CCCC3CCCCC3)cc2)ccn1. The summed E-state index contributed by atoms with van der Waals surface area (Å²) < 4.78 is 40.3. The maximum atomic E-state index is 13.4. The number of rotatable bonds is 13. The van der Waals surface area contributed by atoms with Gasteiger partial charge in [0.25, 0.3) is 0 Å². The van der Waals surface area contributed by atoms with Crippen LogP contribution in [-0.4, -0.2) is 16.6 Å². The lowest BCUT2D eigenvalue weighted by atomic mass is 9.85. The van der Waals surface area contributed by atoms with E-state index in [0.717, 1.165) is 47.1 Å². The molecule has 1 fully saturated rings. The second-order valence-corrected chi connectivity index (χ2v) is 11.4. The minimum Gasteiger partial charge on any atom is -0.299 e. The van der Waals surface area contributed by atoms with Crippen LogP contribution in [0.4, 0.5) is 13.2 Å². The van der Waals surface area contributed by atoms with Gasteiger partial charge in [-0.3, -0.25) is 14.6 Å². The van der Waals surface area contributed by atoms with Crippen LogP contribution in [0.2, 0.25) is 0 Å². The van der Waals surface area contributed by atoms with E-state index in [0.29, 0.717) is 36.9 Å². The van der Waals surface area contributed by atoms with Gasteiger partial charge in [0.05, 0.1) is 5.56 Å². The first-order chi connectivity index (χ1) is 19.7. The Hall–Kier alpha value is -3.28. The highest BCUT2D eigenvalue weighted by Crippen LogP contribution is 2.32. The van der Waals surface area contributed by atoms with E-state index in [1.165, 1.54) is 38.2 Å². The lowest BCUT2D eigenvalue weighted by Crippen LogP contribution is -2.11. The Morgan fingerprint density at radius 2 is 1.59 bits per heavy atom. The Labute approximate surface area is 241 Å². The number of carbonyl (C=O) groups is 2. The van der Waals surface area contributed by atoms with Crippen molar-refractivity contribution < 1.29 is 22.8 Å². The first kappa shape index (κ1) is 30.7. The van der Waals surface area contributed by atoms with Crippen LogP contribution in [-0.2, 0) is 36.7 Å². The lowest BCUT2D eigenvalue weighted by Gasteiger charge is -2.21. The molecule has 0 spiro atoms. The van der Waals surface area contributed by atoms with Crippen LogP contribution in [0.15, 0.2) is 60.8 Å². The number of benzene rings is 2. The average molecular weight is 564 g/mol. The summed E-state index contributed by atoms with van der Waals surface area (Å²) in [6, 6.07) is 15.6. The van der Waals surface area contributed by atoms with Crippen LogP contribution in [0.5, 0.6) is 0 Å². The molecule has 0 N–H and O–H groups in total. The Morgan fingerprint density at radius 1 is 0.854 bits per heavy atom. The van der Waals surface area contributed by atoms with E-state index < -0.39 is 11.7 Å². The number of nitrogens with zero attached hydrogens (tertiary/aromatic N) is 1. The van der Waals surface area contributed by atoms with Gasteiger partial charge in [0.15, 0.2) is 5.78 Å². The molecule has 0 atom stereocenters. The average Bonchev–Trinajstić information content (AvgIpc) is 2.97. The van der Waals surface area contributed by atoms with Crippen molar-refractivity contribution in [3.63, 3.8) is 0 Å². The van der Waals surface area contributed by atoms with Gasteiger partial charge in [0.2, 0.25) is 0 Å². The molecule has 3 nitrogen and oxygen atoms in total. The third-order valence-corrected chi connectivity index (χ3v) is 8.26. The first-order valence-corrected chi connectivity index (χ1v) is 15.0. The van der Waals surface area contributed by atoms with Crippen LogP contribution >= 0.6 is 0 Å². The van der Waals surface area contributed by atoms with Gasteiger partial charge in [0.1, 0.15) is 11.5 Å². The molecule has 1 aromatic heterocycles. The van der Waals surface area contributed by atoms with Crippen molar-refractivity contribution in [2.75, 3.05) is 0 Å². The number of aromatic nitrogens is 1. The molecular weight excluding hydrogens is 523 g/mol. The van der Waals surface area contributed by atoms with Gasteiger partial charge in [-0.15, -0.1) is 0 Å². The Kier molecular flexibility index (Phi) is 10.9. The van der Waals surface area contributed by atoms with E-state index in [4.69, 9.17) is 0 Å². The molecule has 0 unspecified atom stereocenters. The molecule has 6 heteroatoms. The molecule has 1 heterocycles. The predicted octanol–water partition coefficient (Wildman–Crippen LogP) is 8.93. The van der Waals surface area contributed by atoms with Gasteiger partial charge in [-0.2, -0.15) is 13.2 Å². The second-order valence-electron chi connectivity index (χ2n) is 11.4. The molecule has 4 rings (SSSR count). The standard InChI is InChI=1S/C35H40F3NO2/c1-2-34(41)33-22-28(19-20-39-33)21-27-13-11-26(12-14-27)15-18-32(40)24-30-23-31(35(36,37)38)17-16-29(30)10-6-9-25-7-4-3-5-8-25/h11-14,16-17,19-20,22-23,25H,2-10,15,18,21,24H2,1H3. The minimum absolute atomic E-state index is 0.0172. The van der Waals surface area contributed by atoms with Crippen LogP contribution in [0.25, 0.3) is 0 Å². The Balaban J connectivity index is 1.33. The van der Waals surface area contributed by atoms with Crippen molar-refractivity contribution in [3.8, 4) is 0 Å².